The van der Waals surface area contributed by atoms with E-state index in [0.29, 0.717) is 6.54 Å². The molecule has 0 N–H and O–H groups in total. The largest absolute Gasteiger partial charge is 0.488 e. The number of amides is 1. The zero-order valence-corrected chi connectivity index (χ0v) is 15.0. The second-order valence-electron chi connectivity index (χ2n) is 6.83. The fraction of sp³-hybridized carbons (Fsp3) is 0.381. The van der Waals surface area contributed by atoms with Crippen LogP contribution >= 0.6 is 0 Å². The molecule has 1 heterocycles. The average Bonchev–Trinajstić information content (AvgIpc) is 3.03. The molecule has 1 unspecified atom stereocenters. The Bertz CT molecular complexity index is 675. The molecule has 1 aliphatic rings. The third kappa shape index (κ3) is 4.60. The first-order chi connectivity index (χ1) is 12.1. The van der Waals surface area contributed by atoms with Crippen molar-refractivity contribution in [3.05, 3.63) is 65.7 Å². The van der Waals surface area contributed by atoms with Crippen molar-refractivity contribution in [1.29, 1.82) is 0 Å². The summed E-state index contributed by atoms with van der Waals surface area (Å²) in [6.45, 7) is 2.32. The van der Waals surface area contributed by atoms with E-state index in [1.165, 1.54) is 5.56 Å². The first-order valence-corrected chi connectivity index (χ1v) is 8.87. The zero-order valence-electron chi connectivity index (χ0n) is 15.0. The maximum atomic E-state index is 12.9. The summed E-state index contributed by atoms with van der Waals surface area (Å²) in [5.74, 6) is 1.03. The maximum Gasteiger partial charge on any atom is 0.253 e. The summed E-state index contributed by atoms with van der Waals surface area (Å²) in [4.78, 5) is 17.0. The molecule has 1 aliphatic heterocycles. The van der Waals surface area contributed by atoms with Crippen LogP contribution in [-0.2, 0) is 6.42 Å². The van der Waals surface area contributed by atoms with Gasteiger partial charge in [-0.1, -0.05) is 36.4 Å². The SMILES string of the molecule is CN(C)CCCN(CC1Cc2ccccc2O1)C(=O)c1ccccc1. The van der Waals surface area contributed by atoms with Crippen molar-refractivity contribution in [1.82, 2.24) is 9.80 Å². The molecule has 1 amide bonds. The minimum absolute atomic E-state index is 0.0319. The van der Waals surface area contributed by atoms with Gasteiger partial charge in [0, 0.05) is 18.5 Å². The lowest BCUT2D eigenvalue weighted by molar-refractivity contribution is 0.0672. The van der Waals surface area contributed by atoms with Crippen LogP contribution in [0.5, 0.6) is 5.75 Å². The van der Waals surface area contributed by atoms with Gasteiger partial charge in [-0.15, -0.1) is 0 Å². The minimum Gasteiger partial charge on any atom is -0.488 e. The van der Waals surface area contributed by atoms with E-state index in [9.17, 15) is 4.79 Å². The van der Waals surface area contributed by atoms with Crippen LogP contribution in [0.2, 0.25) is 0 Å². The van der Waals surface area contributed by atoms with Gasteiger partial charge in [0.15, 0.2) is 0 Å². The van der Waals surface area contributed by atoms with Gasteiger partial charge in [-0.05, 0) is 50.8 Å². The fourth-order valence-electron chi connectivity index (χ4n) is 3.22. The van der Waals surface area contributed by atoms with Crippen LogP contribution in [0.1, 0.15) is 22.3 Å². The highest BCUT2D eigenvalue weighted by atomic mass is 16.5. The molecule has 0 fully saturated rings. The summed E-state index contributed by atoms with van der Waals surface area (Å²) in [6, 6.07) is 17.6. The van der Waals surface area contributed by atoms with Crippen LogP contribution in [-0.4, -0.2) is 55.5 Å². The van der Waals surface area contributed by atoms with E-state index < -0.39 is 0 Å². The molecular weight excluding hydrogens is 312 g/mol. The van der Waals surface area contributed by atoms with Crippen molar-refractivity contribution in [3.63, 3.8) is 0 Å². The number of carbonyl (C=O) groups excluding carboxylic acids is 1. The summed E-state index contributed by atoms with van der Waals surface area (Å²) >= 11 is 0. The third-order valence-corrected chi connectivity index (χ3v) is 4.48. The van der Waals surface area contributed by atoms with Gasteiger partial charge < -0.3 is 14.5 Å². The molecule has 0 saturated carbocycles. The van der Waals surface area contributed by atoms with Crippen LogP contribution in [0.25, 0.3) is 0 Å². The Morgan fingerprint density at radius 3 is 2.48 bits per heavy atom. The van der Waals surface area contributed by atoms with Crippen LogP contribution in [0, 0.1) is 0 Å². The minimum atomic E-state index is 0.0319. The molecule has 2 aromatic rings. The van der Waals surface area contributed by atoms with E-state index >= 15 is 0 Å². The molecular formula is C21H26N2O2. The second kappa shape index (κ2) is 8.17. The van der Waals surface area contributed by atoms with Crippen LogP contribution in [0.4, 0.5) is 0 Å². The number of hydrogen-bond donors (Lipinski definition) is 0. The lowest BCUT2D eigenvalue weighted by Gasteiger charge is -2.26. The molecule has 0 spiro atoms. The predicted molar refractivity (Wildman–Crippen MR) is 100 cm³/mol. The Hall–Kier alpha value is -2.33. The third-order valence-electron chi connectivity index (χ3n) is 4.48. The van der Waals surface area contributed by atoms with E-state index in [4.69, 9.17) is 4.74 Å². The van der Waals surface area contributed by atoms with Crippen LogP contribution in [0.15, 0.2) is 54.6 Å². The first-order valence-electron chi connectivity index (χ1n) is 8.87. The molecule has 4 nitrogen and oxygen atoms in total. The van der Waals surface area contributed by atoms with Crippen molar-refractivity contribution in [3.8, 4) is 5.75 Å². The number of carbonyl (C=O) groups is 1. The Kier molecular flexibility index (Phi) is 5.71. The van der Waals surface area contributed by atoms with E-state index in [0.717, 1.165) is 37.2 Å². The topological polar surface area (TPSA) is 32.8 Å². The predicted octanol–water partition coefficient (Wildman–Crippen LogP) is 3.08. The number of fused-ring (bicyclic) bond motifs is 1. The van der Waals surface area contributed by atoms with Gasteiger partial charge in [0.2, 0.25) is 0 Å². The van der Waals surface area contributed by atoms with Crippen molar-refractivity contribution in [2.24, 2.45) is 0 Å². The lowest BCUT2D eigenvalue weighted by atomic mass is 10.1. The molecule has 0 bridgehead atoms. The number of nitrogens with zero attached hydrogens (tertiary/aromatic N) is 2. The molecule has 0 saturated heterocycles. The summed E-state index contributed by atoms with van der Waals surface area (Å²) in [5.41, 5.74) is 1.97. The van der Waals surface area contributed by atoms with Gasteiger partial charge in [0.1, 0.15) is 11.9 Å². The van der Waals surface area contributed by atoms with Crippen molar-refractivity contribution < 1.29 is 9.53 Å². The van der Waals surface area contributed by atoms with Crippen LogP contribution < -0.4 is 4.74 Å². The number of ether oxygens (including phenoxy) is 1. The van der Waals surface area contributed by atoms with Gasteiger partial charge in [-0.2, -0.15) is 0 Å². The monoisotopic (exact) mass is 338 g/mol. The molecule has 0 radical (unpaired) electrons. The molecule has 0 aliphatic carbocycles. The molecule has 132 valence electrons. The number of hydrogen-bond acceptors (Lipinski definition) is 3. The highest BCUT2D eigenvalue weighted by molar-refractivity contribution is 5.94. The van der Waals surface area contributed by atoms with E-state index in [1.54, 1.807) is 0 Å². The van der Waals surface area contributed by atoms with Gasteiger partial charge >= 0.3 is 0 Å². The maximum absolute atomic E-state index is 12.9. The molecule has 0 aromatic heterocycles. The Labute approximate surface area is 150 Å². The zero-order chi connectivity index (χ0) is 17.6. The fourth-order valence-corrected chi connectivity index (χ4v) is 3.22. The van der Waals surface area contributed by atoms with E-state index in [2.05, 4.69) is 25.1 Å². The van der Waals surface area contributed by atoms with Crippen molar-refractivity contribution in [2.75, 3.05) is 33.7 Å². The van der Waals surface area contributed by atoms with E-state index in [-0.39, 0.29) is 12.0 Å². The summed E-state index contributed by atoms with van der Waals surface area (Å²) in [6.07, 6.45) is 1.85. The van der Waals surface area contributed by atoms with Crippen molar-refractivity contribution in [2.45, 2.75) is 18.9 Å². The summed E-state index contributed by atoms with van der Waals surface area (Å²) in [5, 5.41) is 0. The van der Waals surface area contributed by atoms with Gasteiger partial charge in [0.05, 0.1) is 6.54 Å². The highest BCUT2D eigenvalue weighted by Crippen LogP contribution is 2.28. The number of rotatable bonds is 7. The van der Waals surface area contributed by atoms with Crippen molar-refractivity contribution >= 4 is 5.91 Å². The van der Waals surface area contributed by atoms with E-state index in [1.807, 2.05) is 53.4 Å². The Morgan fingerprint density at radius 2 is 1.76 bits per heavy atom. The normalized spacial score (nSPS) is 15.7. The molecule has 4 heteroatoms. The van der Waals surface area contributed by atoms with Gasteiger partial charge in [0.25, 0.3) is 5.91 Å². The van der Waals surface area contributed by atoms with Gasteiger partial charge in [-0.3, -0.25) is 4.79 Å². The molecule has 1 atom stereocenters. The Morgan fingerprint density at radius 1 is 1.04 bits per heavy atom. The Balaban J connectivity index is 1.67. The van der Waals surface area contributed by atoms with Crippen LogP contribution in [0.3, 0.4) is 0 Å². The average molecular weight is 338 g/mol. The lowest BCUT2D eigenvalue weighted by Crippen LogP contribution is -2.40. The molecule has 25 heavy (non-hydrogen) atoms. The summed E-state index contributed by atoms with van der Waals surface area (Å²) in [7, 11) is 4.11. The second-order valence-corrected chi connectivity index (χ2v) is 6.83. The first kappa shape index (κ1) is 17.5. The highest BCUT2D eigenvalue weighted by Gasteiger charge is 2.26. The molecule has 3 rings (SSSR count). The quantitative estimate of drug-likeness (QED) is 0.778. The number of para-hydroxylation sites is 1. The summed E-state index contributed by atoms with van der Waals surface area (Å²) < 4.78 is 6.05. The number of benzene rings is 2. The smallest absolute Gasteiger partial charge is 0.253 e. The van der Waals surface area contributed by atoms with Gasteiger partial charge in [-0.25, -0.2) is 0 Å². The molecule has 2 aromatic carbocycles. The standard InChI is InChI=1S/C21H26N2O2/c1-22(2)13-8-14-23(21(24)17-9-4-3-5-10-17)16-19-15-18-11-6-7-12-20(18)25-19/h3-7,9-12,19H,8,13-16H2,1-2H3.